The quantitative estimate of drug-likeness (QED) is 0.916. The molecule has 2 heterocycles. The minimum absolute atomic E-state index is 0. The molecule has 0 saturated carbocycles. The zero-order chi connectivity index (χ0) is 15.5. The Labute approximate surface area is 149 Å². The molecule has 4 heteroatoms. The first-order valence-electron chi connectivity index (χ1n) is 8.55. The number of nitrogens with one attached hydrogen (secondary N) is 1. The maximum absolute atomic E-state index is 6.58. The highest BCUT2D eigenvalue weighted by molar-refractivity contribution is 5.85. The molecule has 2 unspecified atom stereocenters. The summed E-state index contributed by atoms with van der Waals surface area (Å²) in [6.07, 6.45) is 3.78. The van der Waals surface area contributed by atoms with Crippen LogP contribution in [0.1, 0.15) is 30.4 Å². The lowest BCUT2D eigenvalue weighted by atomic mass is 9.97. The molecule has 0 amide bonds. The van der Waals surface area contributed by atoms with Crippen molar-refractivity contribution in [2.45, 2.75) is 37.2 Å². The van der Waals surface area contributed by atoms with Crippen LogP contribution in [-0.2, 0) is 15.3 Å². The maximum atomic E-state index is 6.58. The lowest BCUT2D eigenvalue weighted by Crippen LogP contribution is -2.45. The number of piperidine rings is 1. The summed E-state index contributed by atoms with van der Waals surface area (Å²) in [6.45, 7) is 1.70. The van der Waals surface area contributed by atoms with Crippen LogP contribution in [-0.4, -0.2) is 25.3 Å². The SMILES string of the molecule is Cl.c1ccc(C2(c3ccccc3)OCC(C3CCCCN3)O2)cc1. The number of benzene rings is 2. The summed E-state index contributed by atoms with van der Waals surface area (Å²) in [5.41, 5.74) is 2.12. The lowest BCUT2D eigenvalue weighted by molar-refractivity contribution is -0.146. The van der Waals surface area contributed by atoms with Gasteiger partial charge in [-0.15, -0.1) is 12.4 Å². The molecule has 2 aliphatic heterocycles. The van der Waals surface area contributed by atoms with Crippen molar-refractivity contribution in [3.05, 3.63) is 71.8 Å². The van der Waals surface area contributed by atoms with E-state index < -0.39 is 5.79 Å². The molecule has 0 aliphatic carbocycles. The van der Waals surface area contributed by atoms with E-state index in [9.17, 15) is 0 Å². The van der Waals surface area contributed by atoms with Crippen LogP contribution in [0.25, 0.3) is 0 Å². The summed E-state index contributed by atoms with van der Waals surface area (Å²) in [5, 5.41) is 3.60. The summed E-state index contributed by atoms with van der Waals surface area (Å²) in [6, 6.07) is 20.9. The van der Waals surface area contributed by atoms with Crippen LogP contribution >= 0.6 is 12.4 Å². The van der Waals surface area contributed by atoms with E-state index in [-0.39, 0.29) is 18.5 Å². The van der Waals surface area contributed by atoms with E-state index in [2.05, 4.69) is 29.6 Å². The predicted molar refractivity (Wildman–Crippen MR) is 97.4 cm³/mol. The summed E-state index contributed by atoms with van der Waals surface area (Å²) in [7, 11) is 0. The predicted octanol–water partition coefficient (Wildman–Crippen LogP) is 3.87. The Morgan fingerprint density at radius 3 is 2.04 bits per heavy atom. The summed E-state index contributed by atoms with van der Waals surface area (Å²) < 4.78 is 12.9. The molecule has 128 valence electrons. The molecule has 0 aromatic heterocycles. The second-order valence-electron chi connectivity index (χ2n) is 6.37. The number of ether oxygens (including phenoxy) is 2. The molecular formula is C20H24ClNO2. The van der Waals surface area contributed by atoms with Crippen LogP contribution in [0.3, 0.4) is 0 Å². The Morgan fingerprint density at radius 2 is 1.50 bits per heavy atom. The number of halogens is 1. The highest BCUT2D eigenvalue weighted by Crippen LogP contribution is 2.41. The Kier molecular flexibility index (Phi) is 5.57. The highest BCUT2D eigenvalue weighted by atomic mass is 35.5. The Bertz CT molecular complexity index is 589. The minimum Gasteiger partial charge on any atom is -0.339 e. The van der Waals surface area contributed by atoms with Crippen molar-refractivity contribution in [2.75, 3.05) is 13.2 Å². The van der Waals surface area contributed by atoms with Gasteiger partial charge in [-0.1, -0.05) is 67.1 Å². The second kappa shape index (κ2) is 7.66. The lowest BCUT2D eigenvalue weighted by Gasteiger charge is -2.32. The van der Waals surface area contributed by atoms with Crippen molar-refractivity contribution < 1.29 is 9.47 Å². The van der Waals surface area contributed by atoms with E-state index in [0.29, 0.717) is 12.6 Å². The monoisotopic (exact) mass is 345 g/mol. The molecule has 2 atom stereocenters. The Hall–Kier alpha value is -1.39. The smallest absolute Gasteiger partial charge is 0.222 e. The van der Waals surface area contributed by atoms with E-state index in [1.165, 1.54) is 12.8 Å². The first-order chi connectivity index (χ1) is 11.4. The first-order valence-corrected chi connectivity index (χ1v) is 8.55. The summed E-state index contributed by atoms with van der Waals surface area (Å²) >= 11 is 0. The topological polar surface area (TPSA) is 30.5 Å². The standard InChI is InChI=1S/C20H23NO2.ClH/c1-3-9-16(10-4-1)20(17-11-5-2-6-12-17)22-15-19(23-20)18-13-7-8-14-21-18;/h1-6,9-12,18-19,21H,7-8,13-15H2;1H. The van der Waals surface area contributed by atoms with Crippen molar-refractivity contribution >= 4 is 12.4 Å². The van der Waals surface area contributed by atoms with Gasteiger partial charge in [0, 0.05) is 17.2 Å². The van der Waals surface area contributed by atoms with Gasteiger partial charge >= 0.3 is 0 Å². The third-order valence-corrected chi connectivity index (χ3v) is 4.87. The Balaban J connectivity index is 0.00000169. The van der Waals surface area contributed by atoms with Crippen molar-refractivity contribution in [3.63, 3.8) is 0 Å². The van der Waals surface area contributed by atoms with E-state index in [4.69, 9.17) is 9.47 Å². The summed E-state index contributed by atoms with van der Waals surface area (Å²) in [5.74, 6) is -0.785. The third-order valence-electron chi connectivity index (χ3n) is 4.87. The van der Waals surface area contributed by atoms with E-state index >= 15 is 0 Å². The molecule has 0 bridgehead atoms. The molecule has 2 aliphatic rings. The Morgan fingerprint density at radius 1 is 0.875 bits per heavy atom. The van der Waals surface area contributed by atoms with E-state index in [1.54, 1.807) is 0 Å². The third kappa shape index (κ3) is 3.22. The molecular weight excluding hydrogens is 322 g/mol. The molecule has 24 heavy (non-hydrogen) atoms. The largest absolute Gasteiger partial charge is 0.339 e. The molecule has 3 nitrogen and oxygen atoms in total. The highest BCUT2D eigenvalue weighted by Gasteiger charge is 2.47. The van der Waals surface area contributed by atoms with E-state index in [0.717, 1.165) is 24.1 Å². The molecule has 2 aromatic rings. The van der Waals surface area contributed by atoms with Gasteiger partial charge in [-0.2, -0.15) is 0 Å². The van der Waals surface area contributed by atoms with Gasteiger partial charge < -0.3 is 14.8 Å². The van der Waals surface area contributed by atoms with Gasteiger partial charge in [0.25, 0.3) is 0 Å². The number of hydrogen-bond donors (Lipinski definition) is 1. The van der Waals surface area contributed by atoms with Gasteiger partial charge in [0.15, 0.2) is 0 Å². The zero-order valence-corrected chi connectivity index (χ0v) is 14.5. The van der Waals surface area contributed by atoms with Crippen molar-refractivity contribution in [2.24, 2.45) is 0 Å². The van der Waals surface area contributed by atoms with Gasteiger partial charge in [-0.25, -0.2) is 0 Å². The van der Waals surface area contributed by atoms with Crippen LogP contribution in [0.4, 0.5) is 0 Å². The number of hydrogen-bond acceptors (Lipinski definition) is 3. The fourth-order valence-electron chi connectivity index (χ4n) is 3.66. The van der Waals surface area contributed by atoms with Crippen LogP contribution in [0.15, 0.2) is 60.7 Å². The van der Waals surface area contributed by atoms with Gasteiger partial charge in [0.1, 0.15) is 6.10 Å². The summed E-state index contributed by atoms with van der Waals surface area (Å²) in [4.78, 5) is 0. The van der Waals surface area contributed by atoms with Crippen LogP contribution in [0, 0.1) is 0 Å². The van der Waals surface area contributed by atoms with Crippen LogP contribution < -0.4 is 5.32 Å². The van der Waals surface area contributed by atoms with Crippen molar-refractivity contribution in [1.82, 2.24) is 5.32 Å². The average molecular weight is 346 g/mol. The molecule has 1 N–H and O–H groups in total. The molecule has 2 saturated heterocycles. The number of rotatable bonds is 3. The van der Waals surface area contributed by atoms with Crippen molar-refractivity contribution in [3.8, 4) is 0 Å². The fraction of sp³-hybridized carbons (Fsp3) is 0.400. The molecule has 0 spiro atoms. The minimum atomic E-state index is -0.785. The fourth-order valence-corrected chi connectivity index (χ4v) is 3.66. The van der Waals surface area contributed by atoms with Gasteiger partial charge in [0.05, 0.1) is 6.61 Å². The molecule has 2 fully saturated rings. The van der Waals surface area contributed by atoms with Crippen molar-refractivity contribution in [1.29, 1.82) is 0 Å². The molecule has 4 rings (SSSR count). The van der Waals surface area contributed by atoms with Crippen LogP contribution in [0.2, 0.25) is 0 Å². The normalized spacial score (nSPS) is 25.8. The van der Waals surface area contributed by atoms with Crippen LogP contribution in [0.5, 0.6) is 0 Å². The maximum Gasteiger partial charge on any atom is 0.222 e. The zero-order valence-electron chi connectivity index (χ0n) is 13.7. The van der Waals surface area contributed by atoms with Gasteiger partial charge in [-0.3, -0.25) is 0 Å². The van der Waals surface area contributed by atoms with E-state index in [1.807, 2.05) is 36.4 Å². The second-order valence-corrected chi connectivity index (χ2v) is 6.37. The average Bonchev–Trinajstić information content (AvgIpc) is 3.11. The molecule has 0 radical (unpaired) electrons. The first kappa shape index (κ1) is 17.4. The molecule has 2 aromatic carbocycles. The van der Waals surface area contributed by atoms with Gasteiger partial charge in [-0.05, 0) is 19.4 Å². The van der Waals surface area contributed by atoms with Gasteiger partial charge in [0.2, 0.25) is 5.79 Å².